The molecule has 0 spiro atoms. The maximum absolute atomic E-state index is 5.83. The van der Waals surface area contributed by atoms with Crippen molar-refractivity contribution in [1.29, 1.82) is 0 Å². The van der Waals surface area contributed by atoms with E-state index in [1.54, 1.807) is 0 Å². The van der Waals surface area contributed by atoms with Crippen LogP contribution >= 0.6 is 0 Å². The Morgan fingerprint density at radius 3 is 2.78 bits per heavy atom. The summed E-state index contributed by atoms with van der Waals surface area (Å²) in [5.41, 5.74) is 13.1. The van der Waals surface area contributed by atoms with Crippen molar-refractivity contribution >= 4 is 16.7 Å². The molecule has 5 nitrogen and oxygen atoms in total. The minimum atomic E-state index is 0.388. The summed E-state index contributed by atoms with van der Waals surface area (Å²) >= 11 is 0. The highest BCUT2D eigenvalue weighted by Crippen LogP contribution is 2.27. The third-order valence-electron chi connectivity index (χ3n) is 2.81. The van der Waals surface area contributed by atoms with Gasteiger partial charge in [0.2, 0.25) is 0 Å². The zero-order chi connectivity index (χ0) is 12.5. The van der Waals surface area contributed by atoms with Crippen molar-refractivity contribution in [2.45, 2.75) is 6.54 Å². The molecule has 5 heteroatoms. The van der Waals surface area contributed by atoms with Crippen LogP contribution in [0.5, 0.6) is 0 Å². The number of rotatable bonds is 2. The fourth-order valence-electron chi connectivity index (χ4n) is 1.87. The molecule has 0 saturated carbocycles. The van der Waals surface area contributed by atoms with E-state index in [0.29, 0.717) is 12.4 Å². The van der Waals surface area contributed by atoms with Crippen LogP contribution < -0.4 is 11.5 Å². The SMILES string of the molecule is NCc1ccc(-c2ccc3ncnc(N)c3c2)o1. The largest absolute Gasteiger partial charge is 0.460 e. The van der Waals surface area contributed by atoms with E-state index in [1.807, 2.05) is 30.3 Å². The minimum absolute atomic E-state index is 0.388. The lowest BCUT2D eigenvalue weighted by atomic mass is 10.1. The summed E-state index contributed by atoms with van der Waals surface area (Å²) in [4.78, 5) is 8.14. The highest BCUT2D eigenvalue weighted by molar-refractivity contribution is 5.90. The fraction of sp³-hybridized carbons (Fsp3) is 0.0769. The Kier molecular flexibility index (Phi) is 2.46. The van der Waals surface area contributed by atoms with E-state index in [4.69, 9.17) is 15.9 Å². The Morgan fingerprint density at radius 1 is 1.11 bits per heavy atom. The molecule has 0 saturated heterocycles. The molecule has 0 aliphatic carbocycles. The van der Waals surface area contributed by atoms with Gasteiger partial charge in [-0.3, -0.25) is 0 Å². The number of nitrogens with zero attached hydrogens (tertiary/aromatic N) is 2. The van der Waals surface area contributed by atoms with Gasteiger partial charge in [0.05, 0.1) is 12.1 Å². The van der Waals surface area contributed by atoms with Crippen molar-refractivity contribution in [1.82, 2.24) is 9.97 Å². The number of hydrogen-bond acceptors (Lipinski definition) is 5. The molecule has 90 valence electrons. The number of hydrogen-bond donors (Lipinski definition) is 2. The Hall–Kier alpha value is -2.40. The molecule has 0 bridgehead atoms. The third kappa shape index (κ3) is 1.70. The second-order valence-corrected chi connectivity index (χ2v) is 3.96. The smallest absolute Gasteiger partial charge is 0.134 e. The molecule has 0 amide bonds. The maximum Gasteiger partial charge on any atom is 0.134 e. The quantitative estimate of drug-likeness (QED) is 0.714. The lowest BCUT2D eigenvalue weighted by Crippen LogP contribution is -1.93. The molecule has 2 aromatic heterocycles. The minimum Gasteiger partial charge on any atom is -0.460 e. The van der Waals surface area contributed by atoms with E-state index in [2.05, 4.69) is 9.97 Å². The average molecular weight is 240 g/mol. The van der Waals surface area contributed by atoms with Crippen LogP contribution in [-0.2, 0) is 6.54 Å². The van der Waals surface area contributed by atoms with E-state index in [1.165, 1.54) is 6.33 Å². The van der Waals surface area contributed by atoms with E-state index in [9.17, 15) is 0 Å². The number of benzene rings is 1. The molecule has 0 unspecified atom stereocenters. The molecule has 3 aromatic rings. The first-order valence-corrected chi connectivity index (χ1v) is 5.57. The summed E-state index contributed by atoms with van der Waals surface area (Å²) < 4.78 is 5.60. The van der Waals surface area contributed by atoms with Crippen molar-refractivity contribution in [3.8, 4) is 11.3 Å². The summed E-state index contributed by atoms with van der Waals surface area (Å²) in [6.45, 7) is 0.388. The predicted octanol–water partition coefficient (Wildman–Crippen LogP) is 1.93. The molecule has 1 aromatic carbocycles. The van der Waals surface area contributed by atoms with Gasteiger partial charge in [0, 0.05) is 10.9 Å². The van der Waals surface area contributed by atoms with Gasteiger partial charge in [-0.2, -0.15) is 0 Å². The molecule has 0 aliphatic heterocycles. The summed E-state index contributed by atoms with van der Waals surface area (Å²) in [5, 5.41) is 0.820. The number of nitrogen functional groups attached to an aromatic ring is 1. The summed E-state index contributed by atoms with van der Waals surface area (Å²) in [6, 6.07) is 9.51. The van der Waals surface area contributed by atoms with Crippen LogP contribution in [0.2, 0.25) is 0 Å². The van der Waals surface area contributed by atoms with E-state index in [-0.39, 0.29) is 0 Å². The van der Waals surface area contributed by atoms with Crippen LogP contribution in [-0.4, -0.2) is 9.97 Å². The first-order chi connectivity index (χ1) is 8.78. The molecule has 3 rings (SSSR count). The van der Waals surface area contributed by atoms with Gasteiger partial charge in [-0.05, 0) is 30.3 Å². The lowest BCUT2D eigenvalue weighted by Gasteiger charge is -2.02. The van der Waals surface area contributed by atoms with Gasteiger partial charge < -0.3 is 15.9 Å². The van der Waals surface area contributed by atoms with Crippen LogP contribution in [0.4, 0.5) is 5.82 Å². The van der Waals surface area contributed by atoms with Gasteiger partial charge >= 0.3 is 0 Å². The highest BCUT2D eigenvalue weighted by atomic mass is 16.3. The van der Waals surface area contributed by atoms with Crippen LogP contribution in [0.1, 0.15) is 5.76 Å². The Balaban J connectivity index is 2.15. The van der Waals surface area contributed by atoms with Gasteiger partial charge in [-0.25, -0.2) is 9.97 Å². The second kappa shape index (κ2) is 4.12. The Labute approximate surface area is 103 Å². The Bertz CT molecular complexity index is 705. The van der Waals surface area contributed by atoms with Crippen LogP contribution in [0.25, 0.3) is 22.2 Å². The molecular formula is C13H12N4O. The zero-order valence-electron chi connectivity index (χ0n) is 9.63. The van der Waals surface area contributed by atoms with Crippen LogP contribution in [0.15, 0.2) is 41.1 Å². The number of anilines is 1. The molecule has 0 radical (unpaired) electrons. The normalized spacial score (nSPS) is 10.9. The lowest BCUT2D eigenvalue weighted by molar-refractivity contribution is 0.525. The highest BCUT2D eigenvalue weighted by Gasteiger charge is 2.07. The van der Waals surface area contributed by atoms with Gasteiger partial charge in [-0.15, -0.1) is 0 Å². The number of aromatic nitrogens is 2. The number of nitrogens with two attached hydrogens (primary N) is 2. The third-order valence-corrected chi connectivity index (χ3v) is 2.81. The molecule has 0 aliphatic rings. The Morgan fingerprint density at radius 2 is 2.00 bits per heavy atom. The van der Waals surface area contributed by atoms with Gasteiger partial charge in [0.25, 0.3) is 0 Å². The van der Waals surface area contributed by atoms with Crippen LogP contribution in [0.3, 0.4) is 0 Å². The maximum atomic E-state index is 5.83. The van der Waals surface area contributed by atoms with Gasteiger partial charge in [0.15, 0.2) is 0 Å². The molecule has 0 atom stereocenters. The fourth-order valence-corrected chi connectivity index (χ4v) is 1.87. The first-order valence-electron chi connectivity index (χ1n) is 5.57. The van der Waals surface area contributed by atoms with Gasteiger partial charge in [0.1, 0.15) is 23.7 Å². The van der Waals surface area contributed by atoms with E-state index < -0.39 is 0 Å². The van der Waals surface area contributed by atoms with Crippen molar-refractivity contribution in [2.75, 3.05) is 5.73 Å². The molecular weight excluding hydrogens is 228 g/mol. The second-order valence-electron chi connectivity index (χ2n) is 3.96. The summed E-state index contributed by atoms with van der Waals surface area (Å²) in [7, 11) is 0. The molecule has 0 fully saturated rings. The van der Waals surface area contributed by atoms with Crippen molar-refractivity contribution in [3.63, 3.8) is 0 Å². The number of fused-ring (bicyclic) bond motifs is 1. The monoisotopic (exact) mass is 240 g/mol. The van der Waals surface area contributed by atoms with Crippen molar-refractivity contribution < 1.29 is 4.42 Å². The topological polar surface area (TPSA) is 91.0 Å². The summed E-state index contributed by atoms with van der Waals surface area (Å²) in [5.74, 6) is 1.98. The summed E-state index contributed by atoms with van der Waals surface area (Å²) in [6.07, 6.45) is 1.46. The van der Waals surface area contributed by atoms with E-state index in [0.717, 1.165) is 28.0 Å². The average Bonchev–Trinajstić information content (AvgIpc) is 2.88. The molecule has 18 heavy (non-hydrogen) atoms. The molecule has 2 heterocycles. The molecule has 4 N–H and O–H groups in total. The van der Waals surface area contributed by atoms with Crippen molar-refractivity contribution in [3.05, 3.63) is 42.4 Å². The first kappa shape index (κ1) is 10.7. The van der Waals surface area contributed by atoms with Gasteiger partial charge in [-0.1, -0.05) is 0 Å². The van der Waals surface area contributed by atoms with Crippen molar-refractivity contribution in [2.24, 2.45) is 5.73 Å². The predicted molar refractivity (Wildman–Crippen MR) is 69.5 cm³/mol. The van der Waals surface area contributed by atoms with Crippen LogP contribution in [0, 0.1) is 0 Å². The number of furan rings is 1. The standard InChI is InChI=1S/C13H12N4O/c14-6-9-2-4-12(18-9)8-1-3-11-10(5-8)13(15)17-7-16-11/h1-5,7H,6,14H2,(H2,15,16,17). The zero-order valence-corrected chi connectivity index (χ0v) is 9.63. The van der Waals surface area contributed by atoms with E-state index >= 15 is 0 Å².